The molecule has 0 unspecified atom stereocenters. The lowest BCUT2D eigenvalue weighted by Gasteiger charge is -2.34. The summed E-state index contributed by atoms with van der Waals surface area (Å²) in [6.07, 6.45) is -17.9. The third-order valence-corrected chi connectivity index (χ3v) is 7.15. The Morgan fingerprint density at radius 1 is 0.857 bits per heavy atom. The zero-order valence-electron chi connectivity index (χ0n) is 21.8. The number of alkyl halides is 9. The Bertz CT molecular complexity index is 1390. The molecule has 1 heterocycles. The summed E-state index contributed by atoms with van der Waals surface area (Å²) in [7, 11) is 0. The number of hydrogen-bond donors (Lipinski definition) is 1. The van der Waals surface area contributed by atoms with Gasteiger partial charge in [-0.15, -0.1) is 0 Å². The van der Waals surface area contributed by atoms with E-state index >= 15 is 0 Å². The highest BCUT2D eigenvalue weighted by molar-refractivity contribution is 5.98. The predicted octanol–water partition coefficient (Wildman–Crippen LogP) is 7.55. The molecule has 0 saturated carbocycles. The van der Waals surface area contributed by atoms with Gasteiger partial charge in [0.1, 0.15) is 11.9 Å². The topological polar surface area (TPSA) is 49.8 Å². The van der Waals surface area contributed by atoms with Crippen LogP contribution in [0.15, 0.2) is 72.8 Å². The van der Waals surface area contributed by atoms with Crippen molar-refractivity contribution in [3.8, 4) is 5.75 Å². The van der Waals surface area contributed by atoms with Gasteiger partial charge in [0.2, 0.25) is 5.91 Å². The number of hydrogen-bond acceptors (Lipinski definition) is 3. The molecule has 0 spiro atoms. The van der Waals surface area contributed by atoms with E-state index in [4.69, 9.17) is 4.74 Å². The second-order valence-corrected chi connectivity index (χ2v) is 9.93. The van der Waals surface area contributed by atoms with E-state index < -0.39 is 53.2 Å². The highest BCUT2D eigenvalue weighted by Gasteiger charge is 2.71. The summed E-state index contributed by atoms with van der Waals surface area (Å²) in [5.74, 6) is -1.31. The summed E-state index contributed by atoms with van der Waals surface area (Å²) in [5.41, 5.74) is -7.02. The summed E-state index contributed by atoms with van der Waals surface area (Å²) < 4.78 is 126. The molecule has 1 aliphatic rings. The Hall–Kier alpha value is -3.74. The minimum atomic E-state index is -6.10. The highest BCUT2D eigenvalue weighted by atomic mass is 19.4. The lowest BCUT2D eigenvalue weighted by molar-refractivity contribution is -0.376. The molecular weight excluding hydrogens is 581 g/mol. The van der Waals surface area contributed by atoms with E-state index in [0.29, 0.717) is 17.7 Å². The SMILES string of the molecule is C[C@H](C(=O)N1C[C@@H](Oc2ccc(C(F)(F)F)cc2)CCc2cc(C(O)(C(F)(F)F)C(F)(F)F)ccc21)c1ccccc1. The van der Waals surface area contributed by atoms with Crippen molar-refractivity contribution in [2.24, 2.45) is 0 Å². The van der Waals surface area contributed by atoms with Gasteiger partial charge in [-0.05, 0) is 61.2 Å². The van der Waals surface area contributed by atoms with Gasteiger partial charge in [-0.2, -0.15) is 39.5 Å². The highest BCUT2D eigenvalue weighted by Crippen LogP contribution is 2.51. The molecule has 0 aliphatic carbocycles. The first-order valence-corrected chi connectivity index (χ1v) is 12.6. The molecule has 0 radical (unpaired) electrons. The summed E-state index contributed by atoms with van der Waals surface area (Å²) in [4.78, 5) is 14.9. The number of ether oxygens (including phenoxy) is 1. The van der Waals surface area contributed by atoms with E-state index in [1.54, 1.807) is 37.3 Å². The summed E-state index contributed by atoms with van der Waals surface area (Å²) in [6, 6.07) is 14.2. The van der Waals surface area contributed by atoms with Crippen molar-refractivity contribution in [2.45, 2.75) is 55.9 Å². The van der Waals surface area contributed by atoms with Gasteiger partial charge in [-0.25, -0.2) is 0 Å². The number of rotatable bonds is 5. The lowest BCUT2D eigenvalue weighted by atomic mass is 9.89. The smallest absolute Gasteiger partial charge is 0.430 e. The van der Waals surface area contributed by atoms with Gasteiger partial charge in [0, 0.05) is 11.3 Å². The van der Waals surface area contributed by atoms with E-state index in [9.17, 15) is 49.4 Å². The molecule has 4 rings (SSSR count). The number of benzene rings is 3. The number of halogens is 9. The number of aliphatic hydroxyl groups is 1. The number of aryl methyl sites for hydroxylation is 1. The second kappa shape index (κ2) is 11.2. The molecule has 0 saturated heterocycles. The maximum atomic E-state index is 13.7. The van der Waals surface area contributed by atoms with Gasteiger partial charge in [-0.1, -0.05) is 42.5 Å². The fraction of sp³-hybridized carbons (Fsp3) is 0.345. The number of anilines is 1. The van der Waals surface area contributed by atoms with Crippen LogP contribution in [-0.2, 0) is 23.0 Å². The fourth-order valence-electron chi connectivity index (χ4n) is 4.81. The molecule has 0 aromatic heterocycles. The van der Waals surface area contributed by atoms with Crippen molar-refractivity contribution in [2.75, 3.05) is 11.4 Å². The zero-order chi connectivity index (χ0) is 31.1. The zero-order valence-corrected chi connectivity index (χ0v) is 21.8. The first kappa shape index (κ1) is 31.2. The number of carbonyl (C=O) groups excluding carboxylic acids is 1. The minimum Gasteiger partial charge on any atom is -0.489 e. The Labute approximate surface area is 234 Å². The Kier molecular flexibility index (Phi) is 8.29. The molecule has 0 bridgehead atoms. The van der Waals surface area contributed by atoms with Crippen LogP contribution in [0.3, 0.4) is 0 Å². The molecule has 226 valence electrons. The van der Waals surface area contributed by atoms with Gasteiger partial charge in [0.15, 0.2) is 0 Å². The van der Waals surface area contributed by atoms with Crippen LogP contribution in [0, 0.1) is 0 Å². The van der Waals surface area contributed by atoms with Crippen molar-refractivity contribution in [1.29, 1.82) is 0 Å². The number of fused-ring (bicyclic) bond motifs is 1. The molecule has 42 heavy (non-hydrogen) atoms. The van der Waals surface area contributed by atoms with Crippen LogP contribution in [0.2, 0.25) is 0 Å². The van der Waals surface area contributed by atoms with Gasteiger partial charge in [0.25, 0.3) is 5.60 Å². The molecule has 1 N–H and O–H groups in total. The third-order valence-electron chi connectivity index (χ3n) is 7.15. The van der Waals surface area contributed by atoms with Crippen LogP contribution < -0.4 is 9.64 Å². The number of amides is 1. The van der Waals surface area contributed by atoms with Crippen LogP contribution in [0.4, 0.5) is 45.2 Å². The summed E-state index contributed by atoms with van der Waals surface area (Å²) in [6.45, 7) is 1.38. The molecule has 2 atom stereocenters. The Balaban J connectivity index is 1.74. The van der Waals surface area contributed by atoms with Gasteiger partial charge in [-0.3, -0.25) is 4.79 Å². The standard InChI is InChI=1S/C29H24F9NO3/c1-17(18-5-3-2-4-6-18)25(40)39-16-23(42-22-12-8-20(9-13-22)27(30,31)32)11-7-19-15-21(10-14-24(19)39)26(41,28(33,34)35)29(36,37)38/h2-6,8-10,12-15,17,23,41H,7,11,16H2,1H3/t17-,23-/m0/s1. The maximum absolute atomic E-state index is 13.7. The van der Waals surface area contributed by atoms with Crippen molar-refractivity contribution in [3.05, 3.63) is 95.1 Å². The van der Waals surface area contributed by atoms with Crippen molar-refractivity contribution in [1.82, 2.24) is 0 Å². The maximum Gasteiger partial charge on any atom is 0.430 e. The van der Waals surface area contributed by atoms with E-state index in [0.717, 1.165) is 30.3 Å². The van der Waals surface area contributed by atoms with Crippen LogP contribution in [0.25, 0.3) is 0 Å². The van der Waals surface area contributed by atoms with Crippen molar-refractivity contribution in [3.63, 3.8) is 0 Å². The van der Waals surface area contributed by atoms with Crippen molar-refractivity contribution >= 4 is 11.6 Å². The quantitative estimate of drug-likeness (QED) is 0.306. The van der Waals surface area contributed by atoms with E-state index in [2.05, 4.69) is 0 Å². The molecular formula is C29H24F9NO3. The normalized spacial score (nSPS) is 17.3. The third kappa shape index (κ3) is 6.06. The second-order valence-electron chi connectivity index (χ2n) is 9.93. The molecule has 0 fully saturated rings. The first-order chi connectivity index (χ1) is 19.4. The molecule has 13 heteroatoms. The minimum absolute atomic E-state index is 0.0164. The van der Waals surface area contributed by atoms with E-state index in [1.165, 1.54) is 4.90 Å². The van der Waals surface area contributed by atoms with Gasteiger partial charge in [0.05, 0.1) is 18.0 Å². The first-order valence-electron chi connectivity index (χ1n) is 12.6. The molecule has 4 nitrogen and oxygen atoms in total. The van der Waals surface area contributed by atoms with Crippen LogP contribution >= 0.6 is 0 Å². The molecule has 1 amide bonds. The van der Waals surface area contributed by atoms with E-state index in [1.807, 2.05) is 0 Å². The van der Waals surface area contributed by atoms with E-state index in [-0.39, 0.29) is 36.4 Å². The Morgan fingerprint density at radius 2 is 1.43 bits per heavy atom. The number of carbonyl (C=O) groups is 1. The van der Waals surface area contributed by atoms with Gasteiger partial charge >= 0.3 is 18.5 Å². The average Bonchev–Trinajstić information content (AvgIpc) is 3.10. The largest absolute Gasteiger partial charge is 0.489 e. The van der Waals surface area contributed by atoms with Crippen LogP contribution in [-0.4, -0.2) is 36.0 Å². The molecule has 3 aromatic carbocycles. The predicted molar refractivity (Wildman–Crippen MR) is 134 cm³/mol. The lowest BCUT2D eigenvalue weighted by Crippen LogP contribution is -2.54. The fourth-order valence-corrected chi connectivity index (χ4v) is 4.81. The van der Waals surface area contributed by atoms with Crippen molar-refractivity contribution < 1.29 is 54.2 Å². The number of nitrogens with zero attached hydrogens (tertiary/aromatic N) is 1. The summed E-state index contributed by atoms with van der Waals surface area (Å²) >= 11 is 0. The monoisotopic (exact) mass is 605 g/mol. The van der Waals surface area contributed by atoms with Crippen LogP contribution in [0.1, 0.15) is 41.5 Å². The average molecular weight is 605 g/mol. The molecule has 3 aromatic rings. The van der Waals surface area contributed by atoms with Gasteiger partial charge < -0.3 is 14.7 Å². The summed E-state index contributed by atoms with van der Waals surface area (Å²) in [5, 5.41) is 9.93. The Morgan fingerprint density at radius 3 is 1.98 bits per heavy atom. The molecule has 1 aliphatic heterocycles. The van der Waals surface area contributed by atoms with Crippen LogP contribution in [0.5, 0.6) is 5.75 Å².